The fourth-order valence-electron chi connectivity index (χ4n) is 4.03. The fraction of sp³-hybridized carbons (Fsp3) is 0.455. The van der Waals surface area contributed by atoms with Crippen molar-refractivity contribution >= 4 is 26.7 Å². The number of aromatic nitrogens is 3. The molecular formula is C22H27N5O4S. The number of fused-ring (bicyclic) bond motifs is 1. The first-order valence-electron chi connectivity index (χ1n) is 10.8. The molecule has 4 rings (SSSR count). The highest BCUT2D eigenvalue weighted by Crippen LogP contribution is 2.29. The van der Waals surface area contributed by atoms with Gasteiger partial charge in [0, 0.05) is 30.1 Å². The van der Waals surface area contributed by atoms with Crippen LogP contribution in [0.4, 0.5) is 5.95 Å². The molecule has 0 radical (unpaired) electrons. The maximum absolute atomic E-state index is 11.3. The van der Waals surface area contributed by atoms with Gasteiger partial charge >= 0.3 is 0 Å². The molecule has 0 saturated heterocycles. The summed E-state index contributed by atoms with van der Waals surface area (Å²) in [5.41, 5.74) is 0.938. The lowest BCUT2D eigenvalue weighted by molar-refractivity contribution is 0.321. The van der Waals surface area contributed by atoms with Gasteiger partial charge in [-0.1, -0.05) is 11.2 Å². The summed E-state index contributed by atoms with van der Waals surface area (Å²) in [6.45, 7) is 0.334. The molecule has 0 aliphatic heterocycles. The summed E-state index contributed by atoms with van der Waals surface area (Å²) >= 11 is 0. The van der Waals surface area contributed by atoms with E-state index in [1.54, 1.807) is 6.20 Å². The first-order chi connectivity index (χ1) is 15.4. The Labute approximate surface area is 187 Å². The number of hydrogen-bond acceptors (Lipinski definition) is 8. The molecule has 1 fully saturated rings. The quantitative estimate of drug-likeness (QED) is 0.384. The summed E-state index contributed by atoms with van der Waals surface area (Å²) in [6.07, 6.45) is 8.65. The predicted octanol–water partition coefficient (Wildman–Crippen LogP) is 3.72. The molecule has 1 N–H and O–H groups in total. The van der Waals surface area contributed by atoms with Gasteiger partial charge in [0.1, 0.15) is 21.4 Å². The number of nitrogens with one attached hydrogen (secondary N) is 1. The predicted molar refractivity (Wildman–Crippen MR) is 124 cm³/mol. The first kappa shape index (κ1) is 22.2. The highest BCUT2D eigenvalue weighted by atomic mass is 32.2. The van der Waals surface area contributed by atoms with Gasteiger partial charge < -0.3 is 14.6 Å². The van der Waals surface area contributed by atoms with Gasteiger partial charge in [-0.15, -0.1) is 0 Å². The molecule has 0 amide bonds. The molecule has 0 spiro atoms. The smallest absolute Gasteiger partial charge is 0.224 e. The number of benzene rings is 1. The highest BCUT2D eigenvalue weighted by Gasteiger charge is 2.22. The van der Waals surface area contributed by atoms with Crippen molar-refractivity contribution in [3.05, 3.63) is 47.6 Å². The maximum atomic E-state index is 11.3. The van der Waals surface area contributed by atoms with Crippen molar-refractivity contribution < 1.29 is 13.2 Å². The third-order valence-corrected chi connectivity index (χ3v) is 6.71. The average Bonchev–Trinajstić information content (AvgIpc) is 3.22. The van der Waals surface area contributed by atoms with E-state index in [1.807, 2.05) is 41.1 Å². The van der Waals surface area contributed by atoms with Crippen LogP contribution < -0.4 is 10.1 Å². The van der Waals surface area contributed by atoms with Crippen molar-refractivity contribution in [1.82, 2.24) is 14.5 Å². The monoisotopic (exact) mass is 457 g/mol. The molecule has 9 nitrogen and oxygen atoms in total. The van der Waals surface area contributed by atoms with E-state index >= 15 is 0 Å². The lowest BCUT2D eigenvalue weighted by Crippen LogP contribution is -2.28. The molecule has 2 aromatic heterocycles. The van der Waals surface area contributed by atoms with Gasteiger partial charge in [0.05, 0.1) is 23.9 Å². The normalized spacial score (nSPS) is 19.0. The largest absolute Gasteiger partial charge is 0.493 e. The Hall–Kier alpha value is -3.01. The second-order valence-corrected chi connectivity index (χ2v) is 10.5. The molecular weight excluding hydrogens is 430 g/mol. The second kappa shape index (κ2) is 9.64. The number of nitrogens with zero attached hydrogens (tertiary/aromatic N) is 4. The van der Waals surface area contributed by atoms with Crippen LogP contribution >= 0.6 is 0 Å². The molecule has 1 aromatic carbocycles. The van der Waals surface area contributed by atoms with E-state index in [2.05, 4.69) is 20.5 Å². The van der Waals surface area contributed by atoms with Crippen LogP contribution in [0.15, 0.2) is 47.9 Å². The Bertz CT molecular complexity index is 1190. The molecule has 0 bridgehead atoms. The second-order valence-electron chi connectivity index (χ2n) is 8.20. The van der Waals surface area contributed by atoms with Crippen molar-refractivity contribution in [3.63, 3.8) is 0 Å². The van der Waals surface area contributed by atoms with Crippen LogP contribution in [0, 0.1) is 4.91 Å². The molecule has 2 heterocycles. The molecule has 32 heavy (non-hydrogen) atoms. The standard InChI is InChI=1S/C22H27N5O4S/c1-32(29,30)15-3-14-31-20-5-2-4-19-18(20)11-13-27(19)21-10-12-23-22(25-21)24-16-6-8-17(26-28)9-7-16/h2,4-5,10-13,16-17H,3,6-9,14-15H2,1H3,(H,23,24,25). The molecule has 1 saturated carbocycles. The zero-order chi connectivity index (χ0) is 22.6. The third-order valence-electron chi connectivity index (χ3n) is 5.68. The number of hydrogen-bond donors (Lipinski definition) is 1. The van der Waals surface area contributed by atoms with Gasteiger partial charge in [0.15, 0.2) is 0 Å². The van der Waals surface area contributed by atoms with Crippen LogP contribution in [0.2, 0.25) is 0 Å². The van der Waals surface area contributed by atoms with Crippen LogP contribution in [0.5, 0.6) is 5.75 Å². The molecule has 10 heteroatoms. The van der Waals surface area contributed by atoms with Crippen LogP contribution in [-0.4, -0.2) is 53.7 Å². The zero-order valence-corrected chi connectivity index (χ0v) is 18.8. The molecule has 3 aromatic rings. The Morgan fingerprint density at radius 3 is 2.75 bits per heavy atom. The van der Waals surface area contributed by atoms with E-state index in [0.717, 1.165) is 42.4 Å². The summed E-state index contributed by atoms with van der Waals surface area (Å²) in [5, 5.41) is 7.47. The number of sulfone groups is 1. The maximum Gasteiger partial charge on any atom is 0.224 e. The molecule has 1 aliphatic carbocycles. The van der Waals surface area contributed by atoms with E-state index in [0.29, 0.717) is 24.7 Å². The van der Waals surface area contributed by atoms with Gasteiger partial charge in [0.2, 0.25) is 5.95 Å². The van der Waals surface area contributed by atoms with Crippen LogP contribution in [0.1, 0.15) is 32.1 Å². The van der Waals surface area contributed by atoms with Gasteiger partial charge in [0.25, 0.3) is 0 Å². The summed E-state index contributed by atoms with van der Waals surface area (Å²) in [7, 11) is -2.99. The van der Waals surface area contributed by atoms with Crippen molar-refractivity contribution in [1.29, 1.82) is 0 Å². The van der Waals surface area contributed by atoms with Crippen LogP contribution in [-0.2, 0) is 9.84 Å². The van der Waals surface area contributed by atoms with E-state index in [1.165, 1.54) is 6.26 Å². The van der Waals surface area contributed by atoms with E-state index in [4.69, 9.17) is 4.74 Å². The highest BCUT2D eigenvalue weighted by molar-refractivity contribution is 7.90. The summed E-state index contributed by atoms with van der Waals surface area (Å²) in [5.74, 6) is 2.10. The zero-order valence-electron chi connectivity index (χ0n) is 18.0. The minimum absolute atomic E-state index is 0.0747. The van der Waals surface area contributed by atoms with Crippen LogP contribution in [0.25, 0.3) is 16.7 Å². The van der Waals surface area contributed by atoms with E-state index < -0.39 is 9.84 Å². The Balaban J connectivity index is 1.48. The minimum Gasteiger partial charge on any atom is -0.493 e. The van der Waals surface area contributed by atoms with Gasteiger partial charge in [-0.25, -0.2) is 13.4 Å². The lowest BCUT2D eigenvalue weighted by Gasteiger charge is -2.25. The summed E-state index contributed by atoms with van der Waals surface area (Å²) < 4.78 is 30.4. The van der Waals surface area contributed by atoms with Crippen molar-refractivity contribution in [2.75, 3.05) is 23.9 Å². The molecule has 1 aliphatic rings. The van der Waals surface area contributed by atoms with Gasteiger partial charge in [-0.05, 0) is 56.4 Å². The summed E-state index contributed by atoms with van der Waals surface area (Å²) in [4.78, 5) is 19.7. The minimum atomic E-state index is -2.99. The van der Waals surface area contributed by atoms with Crippen LogP contribution in [0.3, 0.4) is 0 Å². The first-order valence-corrected chi connectivity index (χ1v) is 12.8. The Kier molecular flexibility index (Phi) is 6.69. The number of rotatable bonds is 9. The molecule has 0 atom stereocenters. The van der Waals surface area contributed by atoms with Gasteiger partial charge in [-0.3, -0.25) is 0 Å². The van der Waals surface area contributed by atoms with Gasteiger partial charge in [-0.2, -0.15) is 9.89 Å². The number of nitroso groups, excluding NO2 is 1. The van der Waals surface area contributed by atoms with Crippen molar-refractivity contribution in [3.8, 4) is 11.6 Å². The van der Waals surface area contributed by atoms with E-state index in [9.17, 15) is 13.3 Å². The Morgan fingerprint density at radius 2 is 2.00 bits per heavy atom. The topological polar surface area (TPSA) is 116 Å². The fourth-order valence-corrected chi connectivity index (χ4v) is 4.67. The number of anilines is 1. The third kappa shape index (κ3) is 5.42. The van der Waals surface area contributed by atoms with Crippen molar-refractivity contribution in [2.24, 2.45) is 5.18 Å². The molecule has 0 unspecified atom stereocenters. The Morgan fingerprint density at radius 1 is 1.19 bits per heavy atom. The average molecular weight is 458 g/mol. The molecule has 170 valence electrons. The summed E-state index contributed by atoms with van der Waals surface area (Å²) in [6, 6.07) is 9.74. The number of ether oxygens (including phenoxy) is 1. The van der Waals surface area contributed by atoms with Crippen molar-refractivity contribution in [2.45, 2.75) is 44.2 Å². The van der Waals surface area contributed by atoms with E-state index in [-0.39, 0.29) is 17.8 Å². The lowest BCUT2D eigenvalue weighted by atomic mass is 9.92. The SMILES string of the molecule is CS(=O)(=O)CCCOc1cccc2c1ccn2-c1ccnc(NC2CCC(N=O)CC2)n1.